The van der Waals surface area contributed by atoms with E-state index in [1.807, 2.05) is 0 Å². The van der Waals surface area contributed by atoms with Gasteiger partial charge in [0.05, 0.1) is 12.1 Å². The molecule has 7 aromatic rings. The topological polar surface area (TPSA) is 9.72 Å². The van der Waals surface area contributed by atoms with E-state index in [0.29, 0.717) is 11.8 Å². The van der Waals surface area contributed by atoms with Crippen LogP contribution in [-0.2, 0) is 0 Å². The summed E-state index contributed by atoms with van der Waals surface area (Å²) in [7, 11) is 0. The number of anilines is 7. The molecule has 7 aromatic carbocycles. The zero-order valence-corrected chi connectivity index (χ0v) is 31.7. The van der Waals surface area contributed by atoms with Crippen molar-refractivity contribution in [2.75, 3.05) is 14.7 Å². The Morgan fingerprint density at radius 2 is 0.614 bits per heavy atom. The Kier molecular flexibility index (Phi) is 9.18. The van der Waals surface area contributed by atoms with Crippen LogP contribution in [0.5, 0.6) is 0 Å². The summed E-state index contributed by atoms with van der Waals surface area (Å²) in [5.41, 5.74) is 13.1. The van der Waals surface area contributed by atoms with Gasteiger partial charge in [-0.25, -0.2) is 0 Å². The predicted octanol–water partition coefficient (Wildman–Crippen LogP) is 13.7. The van der Waals surface area contributed by atoms with E-state index in [4.69, 9.17) is 0 Å². The number of hydrogen-bond donors (Lipinski definition) is 0. The largest absolute Gasteiger partial charge is 0.357 e. The molecule has 4 unspecified atom stereocenters. The van der Waals surface area contributed by atoms with E-state index < -0.39 is 0 Å². The second kappa shape index (κ2) is 15.2. The Balaban J connectivity index is 0.974. The molecule has 3 heteroatoms. The molecular formula is C54H43N3. The molecule has 3 aliphatic rings. The molecule has 0 bridgehead atoms. The highest BCUT2D eigenvalue weighted by molar-refractivity contribution is 5.83. The lowest BCUT2D eigenvalue weighted by molar-refractivity contribution is 0.530. The number of hydrogen-bond acceptors (Lipinski definition) is 3. The van der Waals surface area contributed by atoms with E-state index >= 15 is 0 Å². The summed E-state index contributed by atoms with van der Waals surface area (Å²) < 4.78 is 0. The second-order valence-corrected chi connectivity index (χ2v) is 14.9. The molecular weight excluding hydrogens is 691 g/mol. The number of nitrogens with zero attached hydrogens (tertiary/aromatic N) is 3. The van der Waals surface area contributed by atoms with Crippen LogP contribution < -0.4 is 14.7 Å². The van der Waals surface area contributed by atoms with Gasteiger partial charge in [-0.05, 0) is 107 Å². The predicted molar refractivity (Wildman–Crippen MR) is 240 cm³/mol. The van der Waals surface area contributed by atoms with Gasteiger partial charge in [0.15, 0.2) is 0 Å². The van der Waals surface area contributed by atoms with Crippen molar-refractivity contribution < 1.29 is 0 Å². The first-order valence-electron chi connectivity index (χ1n) is 19.9. The molecule has 0 radical (unpaired) electrons. The van der Waals surface area contributed by atoms with Crippen LogP contribution in [0.4, 0.5) is 39.8 Å². The van der Waals surface area contributed by atoms with Crippen LogP contribution in [0.2, 0.25) is 0 Å². The number of fused-ring (bicyclic) bond motifs is 3. The first-order chi connectivity index (χ1) is 28.3. The van der Waals surface area contributed by atoms with Gasteiger partial charge in [0.1, 0.15) is 0 Å². The molecule has 1 fully saturated rings. The Bertz CT molecular complexity index is 2320. The fraction of sp³-hybridized carbons (Fsp3) is 0.0741. The number of allylic oxidation sites excluding steroid dienone is 4. The maximum atomic E-state index is 2.63. The molecule has 4 atom stereocenters. The molecule has 274 valence electrons. The number of rotatable bonds is 9. The van der Waals surface area contributed by atoms with Gasteiger partial charge in [0.25, 0.3) is 0 Å². The lowest BCUT2D eigenvalue weighted by atomic mass is 9.78. The molecule has 1 heterocycles. The Hall–Kier alpha value is -7.10. The third-order valence-electron chi connectivity index (χ3n) is 11.6. The molecule has 10 rings (SSSR count). The van der Waals surface area contributed by atoms with Crippen LogP contribution in [0.15, 0.2) is 237 Å². The highest BCUT2D eigenvalue weighted by Crippen LogP contribution is 2.48. The standard InChI is InChI=1S/C54H43N3/c1-6-16-44(17-7-1)55(45-18-8-2-9-19-45)49-32-26-40(27-33-49)42-30-36-53-51(38-42)52-39-43(31-37-54(52)57(53)48-24-14-5-15-25-48)41-28-34-50(35-29-41)56(46-20-10-3-11-21-46)47-22-12-4-13-23-47/h1-39,51-54H. The Morgan fingerprint density at radius 3 is 0.947 bits per heavy atom. The minimum atomic E-state index is 0.255. The summed E-state index contributed by atoms with van der Waals surface area (Å²) in [6, 6.07) is 72.0. The van der Waals surface area contributed by atoms with Crippen LogP contribution >= 0.6 is 0 Å². The zero-order chi connectivity index (χ0) is 38.0. The van der Waals surface area contributed by atoms with Gasteiger partial charge in [-0.15, -0.1) is 0 Å². The van der Waals surface area contributed by atoms with Gasteiger partial charge in [-0.3, -0.25) is 0 Å². The van der Waals surface area contributed by atoms with Crippen LogP contribution in [-0.4, -0.2) is 12.1 Å². The molecule has 1 aliphatic heterocycles. The van der Waals surface area contributed by atoms with E-state index in [1.165, 1.54) is 28.0 Å². The summed E-state index contributed by atoms with van der Waals surface area (Å²) in [5.74, 6) is 0.622. The van der Waals surface area contributed by atoms with Gasteiger partial charge >= 0.3 is 0 Å². The summed E-state index contributed by atoms with van der Waals surface area (Å²) in [6.07, 6.45) is 14.7. The molecule has 1 saturated heterocycles. The summed E-state index contributed by atoms with van der Waals surface area (Å²) >= 11 is 0. The Labute approximate surface area is 336 Å². The van der Waals surface area contributed by atoms with E-state index in [9.17, 15) is 0 Å². The van der Waals surface area contributed by atoms with Gasteiger partial charge in [0.2, 0.25) is 0 Å². The lowest BCUT2D eigenvalue weighted by Crippen LogP contribution is -2.36. The molecule has 0 aromatic heterocycles. The number of benzene rings is 7. The number of para-hydroxylation sites is 5. The van der Waals surface area contributed by atoms with Crippen molar-refractivity contribution in [2.45, 2.75) is 12.1 Å². The van der Waals surface area contributed by atoms with Crippen molar-refractivity contribution in [3.63, 3.8) is 0 Å². The molecule has 0 spiro atoms. The summed E-state index contributed by atoms with van der Waals surface area (Å²) in [5, 5.41) is 0. The minimum absolute atomic E-state index is 0.255. The van der Waals surface area contributed by atoms with Gasteiger partial charge in [-0.1, -0.05) is 152 Å². The molecule has 3 nitrogen and oxygen atoms in total. The monoisotopic (exact) mass is 733 g/mol. The average molecular weight is 734 g/mol. The van der Waals surface area contributed by atoms with E-state index in [-0.39, 0.29) is 12.1 Å². The maximum absolute atomic E-state index is 2.63. The zero-order valence-electron chi connectivity index (χ0n) is 31.7. The molecule has 57 heavy (non-hydrogen) atoms. The van der Waals surface area contributed by atoms with Crippen molar-refractivity contribution >= 4 is 51.0 Å². The average Bonchev–Trinajstić information content (AvgIpc) is 3.62. The summed E-state index contributed by atoms with van der Waals surface area (Å²) in [6.45, 7) is 0. The SMILES string of the molecule is C1=CC2C(C=C1c1ccc(N(c3ccccc3)c3ccccc3)cc1)C1C=C(c3ccc(N(c4ccccc4)c4ccccc4)cc3)C=CC1N2c1ccccc1. The highest BCUT2D eigenvalue weighted by atomic mass is 15.2. The van der Waals surface area contributed by atoms with Gasteiger partial charge in [0, 0.05) is 51.6 Å². The van der Waals surface area contributed by atoms with Crippen molar-refractivity contribution in [1.29, 1.82) is 0 Å². The van der Waals surface area contributed by atoms with Gasteiger partial charge in [-0.2, -0.15) is 0 Å². The first-order valence-corrected chi connectivity index (χ1v) is 19.9. The minimum Gasteiger partial charge on any atom is -0.357 e. The van der Waals surface area contributed by atoms with E-state index in [1.54, 1.807) is 0 Å². The molecule has 0 saturated carbocycles. The molecule has 0 amide bonds. The normalized spacial score (nSPS) is 19.3. The summed E-state index contributed by atoms with van der Waals surface area (Å²) in [4.78, 5) is 7.26. The van der Waals surface area contributed by atoms with Crippen molar-refractivity contribution in [2.24, 2.45) is 11.8 Å². The van der Waals surface area contributed by atoms with Crippen molar-refractivity contribution in [3.05, 3.63) is 248 Å². The van der Waals surface area contributed by atoms with Crippen LogP contribution in [0.1, 0.15) is 11.1 Å². The van der Waals surface area contributed by atoms with Crippen molar-refractivity contribution in [1.82, 2.24) is 0 Å². The van der Waals surface area contributed by atoms with Crippen LogP contribution in [0, 0.1) is 11.8 Å². The maximum Gasteiger partial charge on any atom is 0.0552 e. The van der Waals surface area contributed by atoms with E-state index in [2.05, 4.69) is 251 Å². The van der Waals surface area contributed by atoms with E-state index in [0.717, 1.165) is 34.1 Å². The first kappa shape index (κ1) is 34.4. The Morgan fingerprint density at radius 1 is 0.316 bits per heavy atom. The van der Waals surface area contributed by atoms with Crippen LogP contribution in [0.3, 0.4) is 0 Å². The van der Waals surface area contributed by atoms with Gasteiger partial charge < -0.3 is 14.7 Å². The fourth-order valence-electron chi connectivity index (χ4n) is 8.95. The fourth-order valence-corrected chi connectivity index (χ4v) is 8.95. The second-order valence-electron chi connectivity index (χ2n) is 14.9. The molecule has 2 aliphatic carbocycles. The molecule has 0 N–H and O–H groups in total. The third kappa shape index (κ3) is 6.68. The third-order valence-corrected chi connectivity index (χ3v) is 11.6. The smallest absolute Gasteiger partial charge is 0.0552 e. The quantitative estimate of drug-likeness (QED) is 0.146. The lowest BCUT2D eigenvalue weighted by Gasteiger charge is -2.32. The highest BCUT2D eigenvalue weighted by Gasteiger charge is 2.47. The van der Waals surface area contributed by atoms with Crippen LogP contribution in [0.25, 0.3) is 11.1 Å². The van der Waals surface area contributed by atoms with Crippen molar-refractivity contribution in [3.8, 4) is 0 Å².